The molecular weight excluding hydrogens is 216 g/mol. The molecule has 0 saturated heterocycles. The molecule has 1 amide bonds. The zero-order chi connectivity index (χ0) is 12.4. The first-order chi connectivity index (χ1) is 8.08. The molecule has 1 saturated carbocycles. The SMILES string of the molecule is CC(C)c1nc(C(=O)NC2CCCC2C)n[nH]1. The number of rotatable bonds is 3. The van der Waals surface area contributed by atoms with Crippen molar-refractivity contribution < 1.29 is 4.79 Å². The quantitative estimate of drug-likeness (QED) is 0.841. The van der Waals surface area contributed by atoms with E-state index in [0.29, 0.717) is 5.92 Å². The Morgan fingerprint density at radius 3 is 2.76 bits per heavy atom. The lowest BCUT2D eigenvalue weighted by Crippen LogP contribution is -2.37. The lowest BCUT2D eigenvalue weighted by atomic mass is 10.1. The van der Waals surface area contributed by atoms with Crippen LogP contribution in [0.2, 0.25) is 0 Å². The van der Waals surface area contributed by atoms with Crippen LogP contribution < -0.4 is 5.32 Å². The third-order valence-electron chi connectivity index (χ3n) is 3.43. The predicted octanol–water partition coefficient (Wildman–Crippen LogP) is 1.85. The fraction of sp³-hybridized carbons (Fsp3) is 0.750. The van der Waals surface area contributed by atoms with Crippen LogP contribution in [0.3, 0.4) is 0 Å². The van der Waals surface area contributed by atoms with Crippen LogP contribution in [-0.4, -0.2) is 27.1 Å². The monoisotopic (exact) mass is 236 g/mol. The molecule has 1 fully saturated rings. The van der Waals surface area contributed by atoms with Gasteiger partial charge in [-0.3, -0.25) is 9.89 Å². The van der Waals surface area contributed by atoms with E-state index < -0.39 is 0 Å². The van der Waals surface area contributed by atoms with Crippen LogP contribution in [0.25, 0.3) is 0 Å². The van der Waals surface area contributed by atoms with Crippen molar-refractivity contribution in [2.24, 2.45) is 5.92 Å². The van der Waals surface area contributed by atoms with Gasteiger partial charge in [0.25, 0.3) is 5.91 Å². The Labute approximate surface area is 101 Å². The number of carbonyl (C=O) groups excluding carboxylic acids is 1. The highest BCUT2D eigenvalue weighted by Crippen LogP contribution is 2.24. The van der Waals surface area contributed by atoms with E-state index in [1.165, 1.54) is 12.8 Å². The highest BCUT2D eigenvalue weighted by Gasteiger charge is 2.26. The first-order valence-corrected chi connectivity index (χ1v) is 6.31. The number of amides is 1. The van der Waals surface area contributed by atoms with Gasteiger partial charge in [0.05, 0.1) is 0 Å². The molecule has 2 N–H and O–H groups in total. The number of nitrogens with one attached hydrogen (secondary N) is 2. The topological polar surface area (TPSA) is 70.7 Å². The van der Waals surface area contributed by atoms with Gasteiger partial charge in [-0.15, -0.1) is 5.10 Å². The minimum Gasteiger partial charge on any atom is -0.346 e. The Hall–Kier alpha value is -1.39. The molecule has 1 aromatic rings. The highest BCUT2D eigenvalue weighted by molar-refractivity contribution is 5.90. The van der Waals surface area contributed by atoms with E-state index in [4.69, 9.17) is 0 Å². The van der Waals surface area contributed by atoms with Crippen LogP contribution >= 0.6 is 0 Å². The van der Waals surface area contributed by atoms with Gasteiger partial charge in [0, 0.05) is 12.0 Å². The molecule has 1 aliphatic rings. The number of H-pyrrole nitrogens is 1. The molecule has 0 spiro atoms. The van der Waals surface area contributed by atoms with Gasteiger partial charge in [-0.05, 0) is 18.8 Å². The Balaban J connectivity index is 1.99. The van der Waals surface area contributed by atoms with E-state index in [0.717, 1.165) is 12.2 Å². The van der Waals surface area contributed by atoms with E-state index in [9.17, 15) is 4.79 Å². The number of aromatic amines is 1. The van der Waals surface area contributed by atoms with Crippen LogP contribution in [0.1, 0.15) is 62.4 Å². The van der Waals surface area contributed by atoms with E-state index >= 15 is 0 Å². The van der Waals surface area contributed by atoms with Crippen LogP contribution in [0, 0.1) is 5.92 Å². The Bertz CT molecular complexity index is 399. The fourth-order valence-electron chi connectivity index (χ4n) is 2.23. The molecule has 1 aliphatic carbocycles. The Morgan fingerprint density at radius 2 is 2.24 bits per heavy atom. The molecule has 1 aromatic heterocycles. The maximum Gasteiger partial charge on any atom is 0.291 e. The third-order valence-corrected chi connectivity index (χ3v) is 3.43. The molecule has 0 aromatic carbocycles. The molecule has 1 heterocycles. The van der Waals surface area contributed by atoms with Crippen molar-refractivity contribution in [2.45, 2.75) is 52.0 Å². The van der Waals surface area contributed by atoms with Crippen molar-refractivity contribution in [1.29, 1.82) is 0 Å². The number of hydrogen-bond acceptors (Lipinski definition) is 3. The van der Waals surface area contributed by atoms with Crippen molar-refractivity contribution in [3.8, 4) is 0 Å². The first kappa shape index (κ1) is 12.1. The number of carbonyl (C=O) groups is 1. The average molecular weight is 236 g/mol. The fourth-order valence-corrected chi connectivity index (χ4v) is 2.23. The zero-order valence-corrected chi connectivity index (χ0v) is 10.7. The molecule has 2 rings (SSSR count). The summed E-state index contributed by atoms with van der Waals surface area (Å²) in [7, 11) is 0. The largest absolute Gasteiger partial charge is 0.346 e. The van der Waals surface area contributed by atoms with Crippen LogP contribution in [0.15, 0.2) is 0 Å². The molecular formula is C12H20N4O. The van der Waals surface area contributed by atoms with E-state index in [2.05, 4.69) is 27.4 Å². The van der Waals surface area contributed by atoms with Gasteiger partial charge in [0.2, 0.25) is 5.82 Å². The summed E-state index contributed by atoms with van der Waals surface area (Å²) in [5.74, 6) is 1.67. The lowest BCUT2D eigenvalue weighted by molar-refractivity contribution is 0.0919. The smallest absolute Gasteiger partial charge is 0.291 e. The summed E-state index contributed by atoms with van der Waals surface area (Å²) >= 11 is 0. The van der Waals surface area contributed by atoms with Gasteiger partial charge >= 0.3 is 0 Å². The summed E-state index contributed by atoms with van der Waals surface area (Å²) in [4.78, 5) is 16.1. The molecule has 5 heteroatoms. The Morgan fingerprint density at radius 1 is 1.47 bits per heavy atom. The number of hydrogen-bond donors (Lipinski definition) is 2. The third kappa shape index (κ3) is 2.65. The molecule has 0 aliphatic heterocycles. The normalized spacial score (nSPS) is 24.2. The lowest BCUT2D eigenvalue weighted by Gasteiger charge is -2.15. The van der Waals surface area contributed by atoms with Crippen LogP contribution in [-0.2, 0) is 0 Å². The molecule has 2 atom stereocenters. The van der Waals surface area contributed by atoms with Crippen molar-refractivity contribution in [2.75, 3.05) is 0 Å². The standard InChI is InChI=1S/C12H20N4O/c1-7(2)10-14-11(16-15-10)12(17)13-9-6-4-5-8(9)3/h7-9H,4-6H2,1-3H3,(H,13,17)(H,14,15,16). The van der Waals surface area contributed by atoms with Gasteiger partial charge in [-0.1, -0.05) is 27.2 Å². The van der Waals surface area contributed by atoms with Crippen molar-refractivity contribution in [3.63, 3.8) is 0 Å². The second-order valence-electron chi connectivity index (χ2n) is 5.19. The zero-order valence-electron chi connectivity index (χ0n) is 10.7. The van der Waals surface area contributed by atoms with Gasteiger partial charge in [0.15, 0.2) is 0 Å². The summed E-state index contributed by atoms with van der Waals surface area (Å²) in [6.07, 6.45) is 3.45. The van der Waals surface area contributed by atoms with Crippen molar-refractivity contribution >= 4 is 5.91 Å². The molecule has 0 bridgehead atoms. The summed E-state index contributed by atoms with van der Waals surface area (Å²) in [6, 6.07) is 0.281. The molecule has 94 valence electrons. The Kier molecular flexibility index (Phi) is 3.45. The van der Waals surface area contributed by atoms with Gasteiger partial charge in [-0.2, -0.15) is 0 Å². The van der Waals surface area contributed by atoms with E-state index in [-0.39, 0.29) is 23.7 Å². The first-order valence-electron chi connectivity index (χ1n) is 6.31. The second-order valence-corrected chi connectivity index (χ2v) is 5.19. The molecule has 0 radical (unpaired) electrons. The van der Waals surface area contributed by atoms with Crippen LogP contribution in [0.5, 0.6) is 0 Å². The summed E-state index contributed by atoms with van der Waals surface area (Å²) in [5, 5.41) is 9.77. The summed E-state index contributed by atoms with van der Waals surface area (Å²) in [6.45, 7) is 6.21. The maximum atomic E-state index is 11.9. The highest BCUT2D eigenvalue weighted by atomic mass is 16.2. The minimum atomic E-state index is -0.160. The van der Waals surface area contributed by atoms with Gasteiger partial charge in [0.1, 0.15) is 5.82 Å². The van der Waals surface area contributed by atoms with Crippen LogP contribution in [0.4, 0.5) is 0 Å². The van der Waals surface area contributed by atoms with E-state index in [1.54, 1.807) is 0 Å². The summed E-state index contributed by atoms with van der Waals surface area (Å²) < 4.78 is 0. The maximum absolute atomic E-state index is 11.9. The average Bonchev–Trinajstić information content (AvgIpc) is 2.88. The van der Waals surface area contributed by atoms with Gasteiger partial charge in [-0.25, -0.2) is 4.98 Å². The minimum absolute atomic E-state index is 0.160. The predicted molar refractivity (Wildman–Crippen MR) is 64.7 cm³/mol. The number of nitrogens with zero attached hydrogens (tertiary/aromatic N) is 2. The van der Waals surface area contributed by atoms with E-state index in [1.807, 2.05) is 13.8 Å². The van der Waals surface area contributed by atoms with Crippen molar-refractivity contribution in [1.82, 2.24) is 20.5 Å². The number of aromatic nitrogens is 3. The molecule has 2 unspecified atom stereocenters. The second kappa shape index (κ2) is 4.85. The molecule has 5 nitrogen and oxygen atoms in total. The van der Waals surface area contributed by atoms with Crippen molar-refractivity contribution in [3.05, 3.63) is 11.6 Å². The molecule has 17 heavy (non-hydrogen) atoms. The van der Waals surface area contributed by atoms with Gasteiger partial charge < -0.3 is 5.32 Å². The summed E-state index contributed by atoms with van der Waals surface area (Å²) in [5.41, 5.74) is 0.